The molecule has 0 bridgehead atoms. The van der Waals surface area contributed by atoms with Crippen LogP contribution in [0.25, 0.3) is 0 Å². The average Bonchev–Trinajstić information content (AvgIpc) is 2.26. The highest BCUT2D eigenvalue weighted by Crippen LogP contribution is 2.44. The molecule has 1 aliphatic rings. The molecular weight excluding hydrogens is 154 g/mol. The highest BCUT2D eigenvalue weighted by molar-refractivity contribution is 5.82. The lowest BCUT2D eigenvalue weighted by molar-refractivity contribution is -0.150. The van der Waals surface area contributed by atoms with E-state index in [1.54, 1.807) is 0 Å². The van der Waals surface area contributed by atoms with Crippen LogP contribution in [-0.2, 0) is 9.53 Å². The molecule has 0 aromatic heterocycles. The minimum Gasteiger partial charge on any atom is -0.468 e. The summed E-state index contributed by atoms with van der Waals surface area (Å²) in [7, 11) is 1.39. The maximum atomic E-state index is 11.4. The van der Waals surface area contributed by atoms with Gasteiger partial charge >= 0.3 is 5.97 Å². The van der Waals surface area contributed by atoms with Crippen LogP contribution in [0.2, 0.25) is 0 Å². The van der Waals surface area contributed by atoms with E-state index in [0.717, 1.165) is 19.3 Å². The summed E-state index contributed by atoms with van der Waals surface area (Å²) in [6.45, 7) is 4.05. The second kappa shape index (κ2) is 2.73. The Bertz CT molecular complexity index is 201. The summed E-state index contributed by atoms with van der Waals surface area (Å²) in [5.74, 6) is -0.273. The fourth-order valence-electron chi connectivity index (χ4n) is 1.93. The van der Waals surface area contributed by atoms with E-state index in [1.165, 1.54) is 7.11 Å². The van der Waals surface area contributed by atoms with Crippen molar-refractivity contribution in [1.82, 2.24) is 0 Å². The lowest BCUT2D eigenvalue weighted by Gasteiger charge is -2.34. The standard InChI is InChI=1S/C9H17NO2/c1-8(2)5-4-6-9(8,10)7(11)12-3/h4-6,10H2,1-3H3. The Kier molecular flexibility index (Phi) is 2.17. The molecule has 0 saturated heterocycles. The van der Waals surface area contributed by atoms with Gasteiger partial charge in [-0.2, -0.15) is 0 Å². The second-order valence-corrected chi connectivity index (χ2v) is 4.20. The molecule has 0 heterocycles. The van der Waals surface area contributed by atoms with Gasteiger partial charge in [0, 0.05) is 0 Å². The first-order valence-corrected chi connectivity index (χ1v) is 4.31. The van der Waals surface area contributed by atoms with Gasteiger partial charge in [0.1, 0.15) is 5.54 Å². The third-order valence-corrected chi connectivity index (χ3v) is 3.13. The average molecular weight is 171 g/mol. The lowest BCUT2D eigenvalue weighted by Crippen LogP contribution is -2.55. The van der Waals surface area contributed by atoms with E-state index in [-0.39, 0.29) is 11.4 Å². The van der Waals surface area contributed by atoms with E-state index in [1.807, 2.05) is 13.8 Å². The van der Waals surface area contributed by atoms with Crippen LogP contribution in [-0.4, -0.2) is 18.6 Å². The number of carbonyl (C=O) groups is 1. The van der Waals surface area contributed by atoms with Gasteiger partial charge in [-0.3, -0.25) is 4.79 Å². The Balaban J connectivity index is 2.90. The molecule has 1 atom stereocenters. The number of ether oxygens (including phenoxy) is 1. The van der Waals surface area contributed by atoms with Gasteiger partial charge in [-0.05, 0) is 18.3 Å². The summed E-state index contributed by atoms with van der Waals surface area (Å²) in [5.41, 5.74) is 5.13. The van der Waals surface area contributed by atoms with Crippen LogP contribution in [0.15, 0.2) is 0 Å². The maximum Gasteiger partial charge on any atom is 0.326 e. The van der Waals surface area contributed by atoms with Gasteiger partial charge in [0.25, 0.3) is 0 Å². The molecule has 3 nitrogen and oxygen atoms in total. The molecule has 12 heavy (non-hydrogen) atoms. The topological polar surface area (TPSA) is 52.3 Å². The van der Waals surface area contributed by atoms with Crippen molar-refractivity contribution in [2.24, 2.45) is 11.1 Å². The molecule has 1 aliphatic carbocycles. The van der Waals surface area contributed by atoms with Gasteiger partial charge in [-0.25, -0.2) is 0 Å². The van der Waals surface area contributed by atoms with E-state index < -0.39 is 5.54 Å². The molecule has 1 saturated carbocycles. The zero-order valence-electron chi connectivity index (χ0n) is 8.02. The lowest BCUT2D eigenvalue weighted by atomic mass is 9.76. The molecule has 2 N–H and O–H groups in total. The highest BCUT2D eigenvalue weighted by atomic mass is 16.5. The van der Waals surface area contributed by atoms with Crippen molar-refractivity contribution in [2.75, 3.05) is 7.11 Å². The van der Waals surface area contributed by atoms with Crippen LogP contribution in [0.4, 0.5) is 0 Å². The smallest absolute Gasteiger partial charge is 0.326 e. The van der Waals surface area contributed by atoms with Crippen LogP contribution >= 0.6 is 0 Å². The number of hydrogen-bond acceptors (Lipinski definition) is 3. The zero-order chi connectivity index (χ0) is 9.41. The molecule has 0 spiro atoms. The molecule has 1 fully saturated rings. The summed E-state index contributed by atoms with van der Waals surface area (Å²) in [5, 5.41) is 0. The van der Waals surface area contributed by atoms with Crippen LogP contribution in [0.1, 0.15) is 33.1 Å². The minimum absolute atomic E-state index is 0.125. The summed E-state index contributed by atoms with van der Waals surface area (Å²) < 4.78 is 4.71. The Hall–Kier alpha value is -0.570. The number of esters is 1. The number of methoxy groups -OCH3 is 1. The molecule has 1 unspecified atom stereocenters. The van der Waals surface area contributed by atoms with Crippen molar-refractivity contribution >= 4 is 5.97 Å². The summed E-state index contributed by atoms with van der Waals surface area (Å²) in [4.78, 5) is 11.4. The third kappa shape index (κ3) is 1.12. The Morgan fingerprint density at radius 2 is 2.00 bits per heavy atom. The predicted octanol–water partition coefficient (Wildman–Crippen LogP) is 1.07. The Morgan fingerprint density at radius 1 is 1.42 bits per heavy atom. The van der Waals surface area contributed by atoms with E-state index >= 15 is 0 Å². The Labute approximate surface area is 73.3 Å². The molecule has 0 aromatic carbocycles. The van der Waals surface area contributed by atoms with Crippen molar-refractivity contribution < 1.29 is 9.53 Å². The molecule has 0 aliphatic heterocycles. The minimum atomic E-state index is -0.762. The zero-order valence-corrected chi connectivity index (χ0v) is 8.02. The summed E-state index contributed by atoms with van der Waals surface area (Å²) in [6, 6.07) is 0. The first kappa shape index (κ1) is 9.52. The van der Waals surface area contributed by atoms with Gasteiger partial charge in [0.2, 0.25) is 0 Å². The molecule has 70 valence electrons. The van der Waals surface area contributed by atoms with Crippen LogP contribution in [0, 0.1) is 5.41 Å². The molecule has 0 radical (unpaired) electrons. The van der Waals surface area contributed by atoms with Crippen LogP contribution < -0.4 is 5.73 Å². The van der Waals surface area contributed by atoms with E-state index in [9.17, 15) is 4.79 Å². The fourth-order valence-corrected chi connectivity index (χ4v) is 1.93. The second-order valence-electron chi connectivity index (χ2n) is 4.20. The molecule has 1 rings (SSSR count). The SMILES string of the molecule is COC(=O)C1(N)CCCC1(C)C. The normalized spacial score (nSPS) is 33.3. The van der Waals surface area contributed by atoms with Gasteiger partial charge in [-0.15, -0.1) is 0 Å². The van der Waals surface area contributed by atoms with E-state index in [2.05, 4.69) is 0 Å². The largest absolute Gasteiger partial charge is 0.468 e. The van der Waals surface area contributed by atoms with Crippen LogP contribution in [0.5, 0.6) is 0 Å². The third-order valence-electron chi connectivity index (χ3n) is 3.13. The number of carbonyl (C=O) groups excluding carboxylic acids is 1. The van der Waals surface area contributed by atoms with Gasteiger partial charge in [-0.1, -0.05) is 20.3 Å². The molecule has 3 heteroatoms. The first-order valence-electron chi connectivity index (χ1n) is 4.31. The van der Waals surface area contributed by atoms with Crippen molar-refractivity contribution in [1.29, 1.82) is 0 Å². The predicted molar refractivity (Wildman–Crippen MR) is 46.6 cm³/mol. The molecular formula is C9H17NO2. The highest BCUT2D eigenvalue weighted by Gasteiger charge is 2.52. The van der Waals surface area contributed by atoms with Gasteiger partial charge < -0.3 is 10.5 Å². The fraction of sp³-hybridized carbons (Fsp3) is 0.889. The quantitative estimate of drug-likeness (QED) is 0.600. The number of nitrogens with two attached hydrogens (primary N) is 1. The number of hydrogen-bond donors (Lipinski definition) is 1. The van der Waals surface area contributed by atoms with Crippen molar-refractivity contribution in [2.45, 2.75) is 38.6 Å². The summed E-state index contributed by atoms with van der Waals surface area (Å²) >= 11 is 0. The van der Waals surface area contributed by atoms with E-state index in [0.29, 0.717) is 0 Å². The first-order chi connectivity index (χ1) is 5.44. The molecule has 0 aromatic rings. The Morgan fingerprint density at radius 3 is 2.33 bits per heavy atom. The summed E-state index contributed by atoms with van der Waals surface area (Å²) in [6.07, 6.45) is 2.75. The van der Waals surface area contributed by atoms with Gasteiger partial charge in [0.15, 0.2) is 0 Å². The maximum absolute atomic E-state index is 11.4. The van der Waals surface area contributed by atoms with Gasteiger partial charge in [0.05, 0.1) is 7.11 Å². The van der Waals surface area contributed by atoms with Crippen molar-refractivity contribution in [3.8, 4) is 0 Å². The molecule has 0 amide bonds. The number of rotatable bonds is 1. The monoisotopic (exact) mass is 171 g/mol. The van der Waals surface area contributed by atoms with Crippen molar-refractivity contribution in [3.05, 3.63) is 0 Å². The van der Waals surface area contributed by atoms with Crippen molar-refractivity contribution in [3.63, 3.8) is 0 Å². The van der Waals surface area contributed by atoms with Crippen LogP contribution in [0.3, 0.4) is 0 Å². The van der Waals surface area contributed by atoms with E-state index in [4.69, 9.17) is 10.5 Å².